The number of hydrogen-bond acceptors (Lipinski definition) is 8. The zero-order valence-electron chi connectivity index (χ0n) is 8.30. The highest BCUT2D eigenvalue weighted by Crippen LogP contribution is 2.32. The molecule has 0 aliphatic carbocycles. The van der Waals surface area contributed by atoms with E-state index >= 15 is 0 Å². The molecule has 4 N–H and O–H groups in total. The van der Waals surface area contributed by atoms with Crippen molar-refractivity contribution in [3.63, 3.8) is 0 Å². The van der Waals surface area contributed by atoms with Gasteiger partial charge in [-0.3, -0.25) is 9.11 Å². The molecule has 0 aliphatic rings. The molecule has 0 atom stereocenters. The lowest BCUT2D eigenvalue weighted by atomic mass is 10.3. The number of fused-ring (bicyclic) bond motifs is 1. The molecule has 9 nitrogen and oxygen atoms in total. The van der Waals surface area contributed by atoms with Crippen LogP contribution in [0.1, 0.15) is 0 Å². The smallest absolute Gasteiger partial charge is 0.296 e. The lowest BCUT2D eigenvalue weighted by Crippen LogP contribution is -2.08. The summed E-state index contributed by atoms with van der Waals surface area (Å²) < 4.78 is 69.5. The van der Waals surface area contributed by atoms with Crippen molar-refractivity contribution < 1.29 is 25.9 Å². The minimum atomic E-state index is -4.75. The second-order valence-electron chi connectivity index (χ2n) is 3.20. The lowest BCUT2D eigenvalue weighted by molar-refractivity contribution is 0.482. The largest absolute Gasteiger partial charge is 0.396 e. The Hall–Kier alpha value is -1.34. The number of nitrogens with zero attached hydrogens (tertiary/aromatic N) is 2. The summed E-state index contributed by atoms with van der Waals surface area (Å²) in [7, 11) is -9.48. The molecule has 2 rings (SSSR count). The second-order valence-corrected chi connectivity index (χ2v) is 6.51. The monoisotopic (exact) mass is 311 g/mol. The van der Waals surface area contributed by atoms with Gasteiger partial charge < -0.3 is 5.73 Å². The topological polar surface area (TPSA) is 161 Å². The zero-order valence-corrected chi connectivity index (χ0v) is 10.8. The van der Waals surface area contributed by atoms with Gasteiger partial charge in [0, 0.05) is 0 Å². The predicted molar refractivity (Wildman–Crippen MR) is 61.5 cm³/mol. The van der Waals surface area contributed by atoms with Crippen LogP contribution in [0.2, 0.25) is 0 Å². The van der Waals surface area contributed by atoms with Crippen molar-refractivity contribution in [3.8, 4) is 0 Å². The Labute approximate surface area is 105 Å². The predicted octanol–water partition coefficient (Wildman–Crippen LogP) is -0.233. The molecule has 0 saturated heterocycles. The van der Waals surface area contributed by atoms with Crippen LogP contribution in [0.25, 0.3) is 11.0 Å². The van der Waals surface area contributed by atoms with Crippen LogP contribution in [0.4, 0.5) is 5.69 Å². The fourth-order valence-corrected chi connectivity index (χ4v) is 3.32. The standard InChI is InChI=1S/C6H5N3O6S3/c7-4-2(17(10,11)12)1-3(18(13,14)15)5-6(4)9-16-8-5/h1H,7H2,(H,10,11,12)(H,13,14,15). The maximum Gasteiger partial charge on any atom is 0.296 e. The van der Waals surface area contributed by atoms with E-state index in [1.165, 1.54) is 0 Å². The first-order chi connectivity index (χ1) is 8.12. The van der Waals surface area contributed by atoms with Crippen LogP contribution in [0.15, 0.2) is 15.9 Å². The average molecular weight is 311 g/mol. The molecular formula is C6H5N3O6S3. The molecule has 0 fully saturated rings. The number of anilines is 1. The number of nitrogen functional groups attached to an aromatic ring is 1. The maximum atomic E-state index is 11.1. The van der Waals surface area contributed by atoms with Gasteiger partial charge in [0.05, 0.1) is 17.4 Å². The number of rotatable bonds is 2. The van der Waals surface area contributed by atoms with Gasteiger partial charge in [0.25, 0.3) is 20.2 Å². The molecule has 1 heterocycles. The molecule has 0 bridgehead atoms. The van der Waals surface area contributed by atoms with E-state index in [4.69, 9.17) is 14.8 Å². The van der Waals surface area contributed by atoms with Crippen LogP contribution >= 0.6 is 11.7 Å². The highest BCUT2D eigenvalue weighted by molar-refractivity contribution is 7.87. The van der Waals surface area contributed by atoms with Gasteiger partial charge in [-0.25, -0.2) is 0 Å². The summed E-state index contributed by atoms with van der Waals surface area (Å²) in [6, 6.07) is 0.531. The Morgan fingerprint density at radius 1 is 1.00 bits per heavy atom. The molecule has 0 spiro atoms. The van der Waals surface area contributed by atoms with E-state index in [0.717, 1.165) is 0 Å². The van der Waals surface area contributed by atoms with Gasteiger partial charge in [0.1, 0.15) is 20.8 Å². The number of benzene rings is 1. The third kappa shape index (κ3) is 2.04. The molecule has 0 saturated carbocycles. The Kier molecular flexibility index (Phi) is 2.78. The zero-order chi connectivity index (χ0) is 13.7. The van der Waals surface area contributed by atoms with Crippen molar-refractivity contribution in [3.05, 3.63) is 6.07 Å². The third-order valence-corrected chi connectivity index (χ3v) is 4.35. The molecule has 18 heavy (non-hydrogen) atoms. The summed E-state index contributed by atoms with van der Waals surface area (Å²) >= 11 is 0.585. The van der Waals surface area contributed by atoms with E-state index < -0.39 is 35.7 Å². The number of aromatic nitrogens is 2. The molecule has 1 aromatic carbocycles. The van der Waals surface area contributed by atoms with Crippen molar-refractivity contribution in [1.82, 2.24) is 8.75 Å². The highest BCUT2D eigenvalue weighted by Gasteiger charge is 2.26. The fraction of sp³-hybridized carbons (Fsp3) is 0. The number of nitrogens with two attached hydrogens (primary N) is 1. The molecule has 0 radical (unpaired) electrons. The van der Waals surface area contributed by atoms with Crippen LogP contribution < -0.4 is 5.73 Å². The Morgan fingerprint density at radius 3 is 2.00 bits per heavy atom. The number of hydrogen-bond donors (Lipinski definition) is 3. The van der Waals surface area contributed by atoms with Gasteiger partial charge in [-0.1, -0.05) is 0 Å². The van der Waals surface area contributed by atoms with Gasteiger partial charge in [0.2, 0.25) is 0 Å². The van der Waals surface area contributed by atoms with Crippen LogP contribution in [-0.4, -0.2) is 34.7 Å². The van der Waals surface area contributed by atoms with Gasteiger partial charge in [-0.15, -0.1) is 0 Å². The first kappa shape index (κ1) is 13.1. The summed E-state index contributed by atoms with van der Waals surface area (Å²) in [5.74, 6) is 0. The minimum absolute atomic E-state index is 0.220. The Balaban J connectivity index is 3.06. The molecule has 2 aromatic rings. The van der Waals surface area contributed by atoms with Crippen molar-refractivity contribution >= 4 is 48.7 Å². The van der Waals surface area contributed by atoms with E-state index in [9.17, 15) is 16.8 Å². The molecule has 12 heteroatoms. The highest BCUT2D eigenvalue weighted by atomic mass is 32.2. The molecule has 0 amide bonds. The Bertz CT molecular complexity index is 837. The minimum Gasteiger partial charge on any atom is -0.396 e. The van der Waals surface area contributed by atoms with Gasteiger partial charge in [-0.05, 0) is 6.07 Å². The van der Waals surface area contributed by atoms with Crippen molar-refractivity contribution in [2.45, 2.75) is 9.79 Å². The molecule has 0 aliphatic heterocycles. The summed E-state index contributed by atoms with van der Waals surface area (Å²) in [6.45, 7) is 0. The fourth-order valence-electron chi connectivity index (χ4n) is 1.32. The molecule has 98 valence electrons. The van der Waals surface area contributed by atoms with Crippen molar-refractivity contribution in [1.29, 1.82) is 0 Å². The lowest BCUT2D eigenvalue weighted by Gasteiger charge is -2.05. The summed E-state index contributed by atoms with van der Waals surface area (Å²) in [5, 5.41) is 0. The summed E-state index contributed by atoms with van der Waals surface area (Å²) in [6.07, 6.45) is 0. The molecule has 0 unspecified atom stereocenters. The molecular weight excluding hydrogens is 306 g/mol. The quantitative estimate of drug-likeness (QED) is 0.502. The maximum absolute atomic E-state index is 11.1. The van der Waals surface area contributed by atoms with Crippen LogP contribution in [0, 0.1) is 0 Å². The summed E-state index contributed by atoms with van der Waals surface area (Å²) in [5.41, 5.74) is 4.54. The normalized spacial score (nSPS) is 13.0. The van der Waals surface area contributed by atoms with Crippen molar-refractivity contribution in [2.75, 3.05) is 5.73 Å². The van der Waals surface area contributed by atoms with E-state index in [1.54, 1.807) is 0 Å². The van der Waals surface area contributed by atoms with E-state index in [-0.39, 0.29) is 11.0 Å². The van der Waals surface area contributed by atoms with Gasteiger partial charge >= 0.3 is 0 Å². The molecule has 1 aromatic heterocycles. The average Bonchev–Trinajstić information content (AvgIpc) is 2.62. The van der Waals surface area contributed by atoms with E-state index in [2.05, 4.69) is 8.75 Å². The van der Waals surface area contributed by atoms with Crippen LogP contribution in [0.3, 0.4) is 0 Å². The van der Waals surface area contributed by atoms with Crippen LogP contribution in [-0.2, 0) is 20.2 Å². The van der Waals surface area contributed by atoms with Crippen LogP contribution in [0.5, 0.6) is 0 Å². The third-order valence-electron chi connectivity index (χ3n) is 2.06. The van der Waals surface area contributed by atoms with Gasteiger partial charge in [0.15, 0.2) is 0 Å². The van der Waals surface area contributed by atoms with Gasteiger partial charge in [-0.2, -0.15) is 25.6 Å². The second kappa shape index (κ2) is 3.83. The van der Waals surface area contributed by atoms with Crippen molar-refractivity contribution in [2.24, 2.45) is 0 Å². The van der Waals surface area contributed by atoms with E-state index in [0.29, 0.717) is 17.8 Å². The SMILES string of the molecule is Nc1c(S(=O)(=O)O)cc(S(=O)(=O)O)c2nsnc12. The van der Waals surface area contributed by atoms with E-state index in [1.807, 2.05) is 0 Å². The first-order valence-corrected chi connectivity index (χ1v) is 7.73. The first-order valence-electron chi connectivity index (χ1n) is 4.12. The summed E-state index contributed by atoms with van der Waals surface area (Å²) in [4.78, 5) is -1.64. The Morgan fingerprint density at radius 2 is 1.50 bits per heavy atom.